The third kappa shape index (κ3) is 3.31. The SMILES string of the molecule is COc1cc(N)cc(OCc2cccc(Cl)c2)c1. The molecule has 0 aromatic heterocycles. The van der Waals surface area contributed by atoms with Crippen LogP contribution >= 0.6 is 11.6 Å². The number of nitrogen functional groups attached to an aromatic ring is 1. The van der Waals surface area contributed by atoms with Crippen LogP contribution in [0.4, 0.5) is 5.69 Å². The average Bonchev–Trinajstić information content (AvgIpc) is 2.36. The number of rotatable bonds is 4. The van der Waals surface area contributed by atoms with Crippen molar-refractivity contribution in [3.05, 3.63) is 53.1 Å². The highest BCUT2D eigenvalue weighted by Crippen LogP contribution is 2.25. The summed E-state index contributed by atoms with van der Waals surface area (Å²) in [5.74, 6) is 1.35. The molecule has 0 aliphatic rings. The lowest BCUT2D eigenvalue weighted by Crippen LogP contribution is -1.97. The van der Waals surface area contributed by atoms with E-state index in [1.807, 2.05) is 24.3 Å². The maximum absolute atomic E-state index is 5.90. The lowest BCUT2D eigenvalue weighted by Gasteiger charge is -2.09. The Labute approximate surface area is 111 Å². The van der Waals surface area contributed by atoms with Crippen molar-refractivity contribution in [2.75, 3.05) is 12.8 Å². The smallest absolute Gasteiger partial charge is 0.125 e. The lowest BCUT2D eigenvalue weighted by molar-refractivity contribution is 0.304. The van der Waals surface area contributed by atoms with Crippen LogP contribution in [-0.4, -0.2) is 7.11 Å². The average molecular weight is 264 g/mol. The molecule has 18 heavy (non-hydrogen) atoms. The monoisotopic (exact) mass is 263 g/mol. The van der Waals surface area contributed by atoms with Crippen molar-refractivity contribution in [2.24, 2.45) is 0 Å². The predicted octanol–water partition coefficient (Wildman–Crippen LogP) is 3.51. The van der Waals surface area contributed by atoms with Crippen LogP contribution in [0.15, 0.2) is 42.5 Å². The van der Waals surface area contributed by atoms with Crippen molar-refractivity contribution in [3.8, 4) is 11.5 Å². The molecule has 0 amide bonds. The molecule has 0 saturated carbocycles. The standard InChI is InChI=1S/C14H14ClNO2/c1-17-13-6-12(16)7-14(8-13)18-9-10-3-2-4-11(15)5-10/h2-8H,9,16H2,1H3. The van der Waals surface area contributed by atoms with E-state index in [2.05, 4.69) is 0 Å². The Bertz CT molecular complexity index is 543. The number of halogens is 1. The van der Waals surface area contributed by atoms with Gasteiger partial charge in [0.05, 0.1) is 7.11 Å². The van der Waals surface area contributed by atoms with Crippen LogP contribution in [0.3, 0.4) is 0 Å². The first-order valence-corrected chi connectivity index (χ1v) is 5.87. The molecule has 0 fully saturated rings. The van der Waals surface area contributed by atoms with Gasteiger partial charge in [0.1, 0.15) is 18.1 Å². The first kappa shape index (κ1) is 12.6. The van der Waals surface area contributed by atoms with E-state index in [0.29, 0.717) is 28.8 Å². The van der Waals surface area contributed by atoms with Gasteiger partial charge < -0.3 is 15.2 Å². The topological polar surface area (TPSA) is 44.5 Å². The third-order valence-electron chi connectivity index (χ3n) is 2.43. The zero-order valence-corrected chi connectivity index (χ0v) is 10.8. The fourth-order valence-electron chi connectivity index (χ4n) is 1.59. The van der Waals surface area contributed by atoms with Gasteiger partial charge in [-0.15, -0.1) is 0 Å². The molecule has 4 heteroatoms. The molecule has 3 nitrogen and oxygen atoms in total. The molecule has 2 aromatic rings. The van der Waals surface area contributed by atoms with E-state index in [9.17, 15) is 0 Å². The van der Waals surface area contributed by atoms with Gasteiger partial charge in [0.15, 0.2) is 0 Å². The molecule has 2 rings (SSSR count). The van der Waals surface area contributed by atoms with Crippen LogP contribution in [0.2, 0.25) is 5.02 Å². The first-order chi connectivity index (χ1) is 8.67. The summed E-state index contributed by atoms with van der Waals surface area (Å²) in [6, 6.07) is 12.8. The quantitative estimate of drug-likeness (QED) is 0.859. The van der Waals surface area contributed by atoms with Gasteiger partial charge in [0.25, 0.3) is 0 Å². The number of benzene rings is 2. The third-order valence-corrected chi connectivity index (χ3v) is 2.67. The van der Waals surface area contributed by atoms with Crippen LogP contribution in [0, 0.1) is 0 Å². The summed E-state index contributed by atoms with van der Waals surface area (Å²) >= 11 is 5.90. The lowest BCUT2D eigenvalue weighted by atomic mass is 10.2. The van der Waals surface area contributed by atoms with Crippen molar-refractivity contribution in [3.63, 3.8) is 0 Å². The minimum Gasteiger partial charge on any atom is -0.497 e. The van der Waals surface area contributed by atoms with E-state index in [-0.39, 0.29) is 0 Å². The molecule has 0 saturated heterocycles. The number of methoxy groups -OCH3 is 1. The highest BCUT2D eigenvalue weighted by atomic mass is 35.5. The molecule has 0 bridgehead atoms. The number of nitrogens with two attached hydrogens (primary N) is 1. The Morgan fingerprint density at radius 2 is 1.89 bits per heavy atom. The van der Waals surface area contributed by atoms with Crippen LogP contribution in [0.5, 0.6) is 11.5 Å². The Balaban J connectivity index is 2.08. The molecule has 2 N–H and O–H groups in total. The highest BCUT2D eigenvalue weighted by molar-refractivity contribution is 6.30. The second kappa shape index (κ2) is 5.65. The number of ether oxygens (including phenoxy) is 2. The van der Waals surface area contributed by atoms with E-state index in [4.69, 9.17) is 26.8 Å². The van der Waals surface area contributed by atoms with E-state index in [1.54, 1.807) is 25.3 Å². The van der Waals surface area contributed by atoms with Gasteiger partial charge in [-0.1, -0.05) is 23.7 Å². The molecule has 2 aromatic carbocycles. The molecule has 0 heterocycles. The molecule has 0 radical (unpaired) electrons. The number of hydrogen-bond acceptors (Lipinski definition) is 3. The fourth-order valence-corrected chi connectivity index (χ4v) is 1.80. The largest absolute Gasteiger partial charge is 0.497 e. The molecule has 0 atom stereocenters. The fraction of sp³-hybridized carbons (Fsp3) is 0.143. The molecular weight excluding hydrogens is 250 g/mol. The van der Waals surface area contributed by atoms with Crippen molar-refractivity contribution < 1.29 is 9.47 Å². The molecular formula is C14H14ClNO2. The summed E-state index contributed by atoms with van der Waals surface area (Å²) in [5.41, 5.74) is 7.36. The van der Waals surface area contributed by atoms with Gasteiger partial charge in [0, 0.05) is 28.9 Å². The number of hydrogen-bond donors (Lipinski definition) is 1. The minimum atomic E-state index is 0.438. The van der Waals surface area contributed by atoms with Crippen molar-refractivity contribution in [2.45, 2.75) is 6.61 Å². The first-order valence-electron chi connectivity index (χ1n) is 5.49. The van der Waals surface area contributed by atoms with Gasteiger partial charge in [0.2, 0.25) is 0 Å². The summed E-state index contributed by atoms with van der Waals surface area (Å²) in [4.78, 5) is 0. The molecule has 0 aliphatic carbocycles. The summed E-state index contributed by atoms with van der Waals surface area (Å²) in [5, 5.41) is 0.696. The Morgan fingerprint density at radius 3 is 2.61 bits per heavy atom. The van der Waals surface area contributed by atoms with Crippen molar-refractivity contribution in [1.29, 1.82) is 0 Å². The Morgan fingerprint density at radius 1 is 1.11 bits per heavy atom. The van der Waals surface area contributed by atoms with Crippen molar-refractivity contribution >= 4 is 17.3 Å². The minimum absolute atomic E-state index is 0.438. The second-order valence-corrected chi connectivity index (χ2v) is 4.30. The van der Waals surface area contributed by atoms with Gasteiger partial charge in [-0.2, -0.15) is 0 Å². The van der Waals surface area contributed by atoms with Gasteiger partial charge in [-0.3, -0.25) is 0 Å². The molecule has 0 spiro atoms. The summed E-state index contributed by atoms with van der Waals surface area (Å²) < 4.78 is 10.8. The zero-order chi connectivity index (χ0) is 13.0. The van der Waals surface area contributed by atoms with Gasteiger partial charge >= 0.3 is 0 Å². The summed E-state index contributed by atoms with van der Waals surface area (Å²) in [7, 11) is 1.59. The van der Waals surface area contributed by atoms with Crippen LogP contribution in [0.25, 0.3) is 0 Å². The maximum Gasteiger partial charge on any atom is 0.125 e. The van der Waals surface area contributed by atoms with Gasteiger partial charge in [-0.25, -0.2) is 0 Å². The zero-order valence-electron chi connectivity index (χ0n) is 10.0. The molecule has 0 aliphatic heterocycles. The van der Waals surface area contributed by atoms with E-state index in [0.717, 1.165) is 5.56 Å². The Kier molecular flexibility index (Phi) is 3.95. The maximum atomic E-state index is 5.90. The summed E-state index contributed by atoms with van der Waals surface area (Å²) in [6.07, 6.45) is 0. The highest BCUT2D eigenvalue weighted by Gasteiger charge is 2.01. The molecule has 94 valence electrons. The van der Waals surface area contributed by atoms with Crippen LogP contribution in [-0.2, 0) is 6.61 Å². The van der Waals surface area contributed by atoms with Crippen LogP contribution in [0.1, 0.15) is 5.56 Å². The normalized spacial score (nSPS) is 10.1. The number of anilines is 1. The van der Waals surface area contributed by atoms with E-state index >= 15 is 0 Å². The second-order valence-electron chi connectivity index (χ2n) is 3.86. The molecule has 0 unspecified atom stereocenters. The predicted molar refractivity (Wildman–Crippen MR) is 73.2 cm³/mol. The van der Waals surface area contributed by atoms with Gasteiger partial charge in [-0.05, 0) is 17.7 Å². The van der Waals surface area contributed by atoms with Crippen molar-refractivity contribution in [1.82, 2.24) is 0 Å². The van der Waals surface area contributed by atoms with Crippen LogP contribution < -0.4 is 15.2 Å². The Hall–Kier alpha value is -1.87. The van der Waals surface area contributed by atoms with E-state index in [1.165, 1.54) is 0 Å². The van der Waals surface area contributed by atoms with E-state index < -0.39 is 0 Å². The summed E-state index contributed by atoms with van der Waals surface area (Å²) in [6.45, 7) is 0.438.